The smallest absolute Gasteiger partial charge is 0.318 e. The van der Waals surface area contributed by atoms with Crippen LogP contribution in [0.1, 0.15) is 19.7 Å². The molecule has 1 heterocycles. The van der Waals surface area contributed by atoms with Gasteiger partial charge < -0.3 is 9.88 Å². The number of hydrogen-bond acceptors (Lipinski definition) is 2. The Bertz CT molecular complexity index is 573. The quantitative estimate of drug-likeness (QED) is 0.913. The van der Waals surface area contributed by atoms with Gasteiger partial charge in [0, 0.05) is 0 Å². The van der Waals surface area contributed by atoms with E-state index in [0.29, 0.717) is 29.3 Å². The topological polar surface area (TPSA) is 29.9 Å². The number of hydrogen-bond donors (Lipinski definition) is 1. The van der Waals surface area contributed by atoms with Crippen molar-refractivity contribution in [3.05, 3.63) is 30.1 Å². The van der Waals surface area contributed by atoms with Crippen molar-refractivity contribution in [1.82, 2.24) is 14.9 Å². The molecule has 0 bridgehead atoms. The first-order chi connectivity index (χ1) is 9.37. The maximum atomic E-state index is 12.7. The van der Waals surface area contributed by atoms with Crippen molar-refractivity contribution in [2.75, 3.05) is 6.54 Å². The molecule has 0 aliphatic rings. The highest BCUT2D eigenvalue weighted by Crippen LogP contribution is 2.23. The summed E-state index contributed by atoms with van der Waals surface area (Å²) in [5.41, 5.74) is 1.12. The van der Waals surface area contributed by atoms with Gasteiger partial charge >= 0.3 is 6.18 Å². The molecule has 110 valence electrons. The van der Waals surface area contributed by atoms with Crippen molar-refractivity contribution < 1.29 is 13.2 Å². The number of rotatable bonds is 5. The van der Waals surface area contributed by atoms with Gasteiger partial charge in [0.15, 0.2) is 0 Å². The largest absolute Gasteiger partial charge is 0.406 e. The Hall–Kier alpha value is -1.56. The third-order valence-electron chi connectivity index (χ3n) is 2.91. The van der Waals surface area contributed by atoms with E-state index in [1.165, 1.54) is 4.57 Å². The number of nitrogens with zero attached hydrogens (tertiary/aromatic N) is 2. The molecule has 3 nitrogen and oxygen atoms in total. The molecule has 0 aliphatic carbocycles. The molecular formula is C14H18F3N3. The van der Waals surface area contributed by atoms with Gasteiger partial charge in [0.25, 0.3) is 0 Å². The van der Waals surface area contributed by atoms with Crippen LogP contribution in [0.25, 0.3) is 11.0 Å². The zero-order valence-electron chi connectivity index (χ0n) is 11.5. The molecule has 1 aromatic heterocycles. The molecule has 0 radical (unpaired) electrons. The van der Waals surface area contributed by atoms with Gasteiger partial charge in [0.1, 0.15) is 12.4 Å². The molecule has 0 amide bonds. The molecule has 0 saturated carbocycles. The molecule has 20 heavy (non-hydrogen) atoms. The van der Waals surface area contributed by atoms with Crippen LogP contribution < -0.4 is 5.32 Å². The number of imidazole rings is 1. The van der Waals surface area contributed by atoms with Gasteiger partial charge in [-0.15, -0.1) is 0 Å². The molecule has 0 aliphatic heterocycles. The van der Waals surface area contributed by atoms with E-state index in [4.69, 9.17) is 0 Å². The van der Waals surface area contributed by atoms with Crippen molar-refractivity contribution in [2.45, 2.75) is 33.1 Å². The highest BCUT2D eigenvalue weighted by molar-refractivity contribution is 5.75. The van der Waals surface area contributed by atoms with E-state index in [1.54, 1.807) is 24.3 Å². The Morgan fingerprint density at radius 2 is 1.95 bits per heavy atom. The third kappa shape index (κ3) is 3.72. The summed E-state index contributed by atoms with van der Waals surface area (Å²) in [5.74, 6) is 0.861. The van der Waals surface area contributed by atoms with Crippen LogP contribution in [0.3, 0.4) is 0 Å². The van der Waals surface area contributed by atoms with E-state index in [2.05, 4.69) is 10.3 Å². The van der Waals surface area contributed by atoms with E-state index in [-0.39, 0.29) is 0 Å². The van der Waals surface area contributed by atoms with Crippen LogP contribution in [0.5, 0.6) is 0 Å². The van der Waals surface area contributed by atoms with Crippen LogP contribution in [-0.2, 0) is 13.1 Å². The zero-order chi connectivity index (χ0) is 14.8. The summed E-state index contributed by atoms with van der Waals surface area (Å²) in [6.45, 7) is 4.17. The summed E-state index contributed by atoms with van der Waals surface area (Å²) >= 11 is 0. The van der Waals surface area contributed by atoms with Gasteiger partial charge in [0.2, 0.25) is 0 Å². The lowest BCUT2D eigenvalue weighted by atomic mass is 10.2. The minimum atomic E-state index is -4.25. The lowest BCUT2D eigenvalue weighted by molar-refractivity contribution is -0.140. The van der Waals surface area contributed by atoms with Gasteiger partial charge in [-0.2, -0.15) is 13.2 Å². The molecule has 0 saturated heterocycles. The van der Waals surface area contributed by atoms with Crippen LogP contribution >= 0.6 is 0 Å². The van der Waals surface area contributed by atoms with Gasteiger partial charge in [-0.1, -0.05) is 26.0 Å². The highest BCUT2D eigenvalue weighted by atomic mass is 19.4. The normalized spacial score (nSPS) is 12.5. The summed E-state index contributed by atoms with van der Waals surface area (Å²) in [7, 11) is 0. The van der Waals surface area contributed by atoms with Crippen LogP contribution in [0, 0.1) is 5.92 Å². The molecule has 0 spiro atoms. The second-order valence-corrected chi connectivity index (χ2v) is 5.24. The third-order valence-corrected chi connectivity index (χ3v) is 2.91. The van der Waals surface area contributed by atoms with E-state index < -0.39 is 12.7 Å². The van der Waals surface area contributed by atoms with Crippen LogP contribution in [0.15, 0.2) is 24.3 Å². The summed E-state index contributed by atoms with van der Waals surface area (Å²) < 4.78 is 39.4. The fourth-order valence-corrected chi connectivity index (χ4v) is 2.09. The first-order valence-corrected chi connectivity index (χ1v) is 6.58. The molecule has 6 heteroatoms. The number of aromatic nitrogens is 2. The monoisotopic (exact) mass is 285 g/mol. The van der Waals surface area contributed by atoms with Gasteiger partial charge in [0.05, 0.1) is 17.6 Å². The number of halogens is 3. The predicted molar refractivity (Wildman–Crippen MR) is 72.3 cm³/mol. The first-order valence-electron chi connectivity index (χ1n) is 6.58. The lowest BCUT2D eigenvalue weighted by Gasteiger charge is -2.13. The lowest BCUT2D eigenvalue weighted by Crippen LogP contribution is -2.24. The van der Waals surface area contributed by atoms with Gasteiger partial charge in [-0.3, -0.25) is 0 Å². The number of nitrogens with one attached hydrogen (secondary N) is 1. The van der Waals surface area contributed by atoms with E-state index in [1.807, 2.05) is 13.8 Å². The molecule has 0 atom stereocenters. The molecule has 1 N–H and O–H groups in total. The minimum absolute atomic E-state index is 0.336. The zero-order valence-corrected chi connectivity index (χ0v) is 11.5. The maximum absolute atomic E-state index is 12.7. The number of benzene rings is 1. The molecular weight excluding hydrogens is 267 g/mol. The van der Waals surface area contributed by atoms with Crippen molar-refractivity contribution in [3.8, 4) is 0 Å². The average Bonchev–Trinajstić information content (AvgIpc) is 2.66. The van der Waals surface area contributed by atoms with Crippen molar-refractivity contribution in [1.29, 1.82) is 0 Å². The van der Waals surface area contributed by atoms with Gasteiger partial charge in [-0.25, -0.2) is 4.98 Å². The maximum Gasteiger partial charge on any atom is 0.406 e. The van der Waals surface area contributed by atoms with Crippen LogP contribution in [-0.4, -0.2) is 22.3 Å². The Morgan fingerprint density at radius 3 is 2.60 bits per heavy atom. The Kier molecular flexibility index (Phi) is 4.32. The van der Waals surface area contributed by atoms with E-state index >= 15 is 0 Å². The summed E-state index contributed by atoms with van der Waals surface area (Å²) in [6.07, 6.45) is -4.25. The SMILES string of the molecule is CC(C)CNCc1nc2ccccc2n1CC(F)(F)F. The summed E-state index contributed by atoms with van der Waals surface area (Å²) in [6, 6.07) is 6.90. The molecule has 2 aromatic rings. The fraction of sp³-hybridized carbons (Fsp3) is 0.500. The molecule has 0 unspecified atom stereocenters. The second-order valence-electron chi connectivity index (χ2n) is 5.24. The van der Waals surface area contributed by atoms with Crippen molar-refractivity contribution >= 4 is 11.0 Å². The van der Waals surface area contributed by atoms with Gasteiger partial charge in [-0.05, 0) is 24.6 Å². The second kappa shape index (κ2) is 5.83. The molecule has 0 fully saturated rings. The van der Waals surface area contributed by atoms with E-state index in [0.717, 1.165) is 6.54 Å². The summed E-state index contributed by atoms with van der Waals surface area (Å²) in [5, 5.41) is 3.14. The predicted octanol–water partition coefficient (Wildman–Crippen LogP) is 3.34. The standard InChI is InChI=1S/C14H18F3N3/c1-10(2)7-18-8-13-19-11-5-3-4-6-12(11)20(13)9-14(15,16)17/h3-6,10,18H,7-9H2,1-2H3. The highest BCUT2D eigenvalue weighted by Gasteiger charge is 2.30. The van der Waals surface area contributed by atoms with Crippen molar-refractivity contribution in [3.63, 3.8) is 0 Å². The minimum Gasteiger partial charge on any atom is -0.318 e. The van der Waals surface area contributed by atoms with E-state index in [9.17, 15) is 13.2 Å². The van der Waals surface area contributed by atoms with Crippen molar-refractivity contribution in [2.24, 2.45) is 5.92 Å². The van der Waals surface area contributed by atoms with Crippen LogP contribution in [0.2, 0.25) is 0 Å². The number of fused-ring (bicyclic) bond motifs is 1. The fourth-order valence-electron chi connectivity index (χ4n) is 2.09. The Balaban J connectivity index is 2.29. The summed E-state index contributed by atoms with van der Waals surface area (Å²) in [4.78, 5) is 4.29. The molecule has 1 aromatic carbocycles. The number of alkyl halides is 3. The average molecular weight is 285 g/mol. The first kappa shape index (κ1) is 14.8. The molecule has 2 rings (SSSR count). The Morgan fingerprint density at radius 1 is 1.25 bits per heavy atom. The van der Waals surface area contributed by atoms with Crippen LogP contribution in [0.4, 0.5) is 13.2 Å². The Labute approximate surface area is 115 Å². The number of para-hydroxylation sites is 2.